The number of imidazole rings is 1. The van der Waals surface area contributed by atoms with Crippen LogP contribution in [0, 0.1) is 5.82 Å². The van der Waals surface area contributed by atoms with E-state index in [1.54, 1.807) is 0 Å². The molecule has 0 spiro atoms. The van der Waals surface area contributed by atoms with Crippen LogP contribution in [0.5, 0.6) is 0 Å². The standard InChI is InChI=1S/C11H6FN5O3/c12-5-1-2-6(13-3-5)9-16-10(20-17-9)7-8(11(18)19)15-4-14-7/h1-4H,(H,14,15)(H,18,19). The number of rotatable bonds is 3. The summed E-state index contributed by atoms with van der Waals surface area (Å²) in [7, 11) is 0. The van der Waals surface area contributed by atoms with E-state index >= 15 is 0 Å². The molecule has 3 aromatic rings. The van der Waals surface area contributed by atoms with E-state index < -0.39 is 11.8 Å². The number of pyridine rings is 1. The Hall–Kier alpha value is -3.10. The SMILES string of the molecule is O=C(O)c1nc[nH]c1-c1nc(-c2ccc(F)cn2)no1. The number of halogens is 1. The van der Waals surface area contributed by atoms with Crippen LogP contribution in [0.2, 0.25) is 0 Å². The molecule has 3 aromatic heterocycles. The Kier molecular flexibility index (Phi) is 2.71. The minimum Gasteiger partial charge on any atom is -0.476 e. The summed E-state index contributed by atoms with van der Waals surface area (Å²) >= 11 is 0. The summed E-state index contributed by atoms with van der Waals surface area (Å²) < 4.78 is 17.7. The smallest absolute Gasteiger partial charge is 0.356 e. The van der Waals surface area contributed by atoms with E-state index in [9.17, 15) is 9.18 Å². The van der Waals surface area contributed by atoms with Crippen molar-refractivity contribution in [3.63, 3.8) is 0 Å². The maximum atomic E-state index is 12.8. The van der Waals surface area contributed by atoms with Crippen LogP contribution in [-0.4, -0.2) is 36.2 Å². The molecule has 0 unspecified atom stereocenters. The number of H-pyrrole nitrogens is 1. The largest absolute Gasteiger partial charge is 0.476 e. The van der Waals surface area contributed by atoms with Gasteiger partial charge in [0.15, 0.2) is 5.69 Å². The zero-order chi connectivity index (χ0) is 14.1. The highest BCUT2D eigenvalue weighted by molar-refractivity contribution is 5.91. The molecule has 0 saturated carbocycles. The van der Waals surface area contributed by atoms with E-state index in [1.807, 2.05) is 0 Å². The molecule has 9 heteroatoms. The highest BCUT2D eigenvalue weighted by atomic mass is 19.1. The van der Waals surface area contributed by atoms with Crippen molar-refractivity contribution >= 4 is 5.97 Å². The number of aromatic amines is 1. The Labute approximate surface area is 110 Å². The Morgan fingerprint density at radius 2 is 2.20 bits per heavy atom. The predicted octanol–water partition coefficient (Wildman–Crippen LogP) is 1.36. The van der Waals surface area contributed by atoms with Gasteiger partial charge < -0.3 is 14.6 Å². The Bertz CT molecular complexity index is 764. The van der Waals surface area contributed by atoms with E-state index in [2.05, 4.69) is 25.1 Å². The summed E-state index contributed by atoms with van der Waals surface area (Å²) in [6.45, 7) is 0. The van der Waals surface area contributed by atoms with E-state index in [0.29, 0.717) is 5.69 Å². The number of carboxylic acids is 1. The average Bonchev–Trinajstić information content (AvgIpc) is 3.08. The van der Waals surface area contributed by atoms with Crippen molar-refractivity contribution in [2.24, 2.45) is 0 Å². The lowest BCUT2D eigenvalue weighted by Gasteiger charge is -1.92. The number of aromatic nitrogens is 5. The summed E-state index contributed by atoms with van der Waals surface area (Å²) in [6, 6.07) is 2.59. The lowest BCUT2D eigenvalue weighted by atomic mass is 10.3. The highest BCUT2D eigenvalue weighted by Crippen LogP contribution is 2.21. The number of carbonyl (C=O) groups is 1. The van der Waals surface area contributed by atoms with Gasteiger partial charge in [-0.05, 0) is 12.1 Å². The highest BCUT2D eigenvalue weighted by Gasteiger charge is 2.20. The molecule has 0 aromatic carbocycles. The second-order valence-corrected chi connectivity index (χ2v) is 3.72. The molecular formula is C11H6FN5O3. The van der Waals surface area contributed by atoms with Crippen LogP contribution >= 0.6 is 0 Å². The van der Waals surface area contributed by atoms with Gasteiger partial charge in [0, 0.05) is 0 Å². The van der Waals surface area contributed by atoms with Gasteiger partial charge >= 0.3 is 5.97 Å². The van der Waals surface area contributed by atoms with Gasteiger partial charge in [-0.3, -0.25) is 0 Å². The van der Waals surface area contributed by atoms with E-state index in [4.69, 9.17) is 9.63 Å². The third kappa shape index (κ3) is 2.00. The molecule has 0 bridgehead atoms. The quantitative estimate of drug-likeness (QED) is 0.740. The van der Waals surface area contributed by atoms with Crippen LogP contribution in [0.3, 0.4) is 0 Å². The zero-order valence-electron chi connectivity index (χ0n) is 9.74. The molecule has 0 amide bonds. The van der Waals surface area contributed by atoms with Crippen molar-refractivity contribution in [2.45, 2.75) is 0 Å². The third-order valence-electron chi connectivity index (χ3n) is 2.44. The first kappa shape index (κ1) is 12.0. The number of hydrogen-bond acceptors (Lipinski definition) is 6. The second-order valence-electron chi connectivity index (χ2n) is 3.72. The first-order chi connectivity index (χ1) is 9.65. The van der Waals surface area contributed by atoms with E-state index in [1.165, 1.54) is 18.5 Å². The van der Waals surface area contributed by atoms with Crippen LogP contribution in [-0.2, 0) is 0 Å². The molecular weight excluding hydrogens is 269 g/mol. The molecule has 0 radical (unpaired) electrons. The molecule has 0 aliphatic carbocycles. The fraction of sp³-hybridized carbons (Fsp3) is 0. The Balaban J connectivity index is 2.00. The number of carboxylic acid groups (broad SMARTS) is 1. The maximum Gasteiger partial charge on any atom is 0.356 e. The fourth-order valence-electron chi connectivity index (χ4n) is 1.56. The van der Waals surface area contributed by atoms with Crippen LogP contribution in [0.1, 0.15) is 10.5 Å². The maximum absolute atomic E-state index is 12.8. The molecule has 100 valence electrons. The Morgan fingerprint density at radius 3 is 2.90 bits per heavy atom. The molecule has 0 fully saturated rings. The number of hydrogen-bond donors (Lipinski definition) is 2. The van der Waals surface area contributed by atoms with Gasteiger partial charge in [0.1, 0.15) is 17.2 Å². The molecule has 0 aliphatic heterocycles. The molecule has 2 N–H and O–H groups in total. The van der Waals surface area contributed by atoms with Crippen molar-refractivity contribution in [1.29, 1.82) is 0 Å². The number of aromatic carboxylic acids is 1. The van der Waals surface area contributed by atoms with E-state index in [-0.39, 0.29) is 23.1 Å². The first-order valence-electron chi connectivity index (χ1n) is 5.38. The molecule has 0 saturated heterocycles. The molecule has 0 atom stereocenters. The van der Waals surface area contributed by atoms with E-state index in [0.717, 1.165) is 6.20 Å². The first-order valence-corrected chi connectivity index (χ1v) is 5.38. The van der Waals surface area contributed by atoms with Crippen molar-refractivity contribution < 1.29 is 18.8 Å². The van der Waals surface area contributed by atoms with Crippen LogP contribution in [0.25, 0.3) is 23.1 Å². The van der Waals surface area contributed by atoms with Crippen LogP contribution in [0.15, 0.2) is 29.2 Å². The number of nitrogens with one attached hydrogen (secondary N) is 1. The summed E-state index contributed by atoms with van der Waals surface area (Å²) in [4.78, 5) is 25.0. The second kappa shape index (κ2) is 4.53. The van der Waals surface area contributed by atoms with Gasteiger partial charge in [-0.15, -0.1) is 0 Å². The van der Waals surface area contributed by atoms with Gasteiger partial charge in [-0.25, -0.2) is 19.2 Å². The van der Waals surface area contributed by atoms with Crippen LogP contribution in [0.4, 0.5) is 4.39 Å². The van der Waals surface area contributed by atoms with Gasteiger partial charge in [-0.2, -0.15) is 4.98 Å². The summed E-state index contributed by atoms with van der Waals surface area (Å²) in [5, 5.41) is 12.6. The summed E-state index contributed by atoms with van der Waals surface area (Å²) in [5.41, 5.74) is 0.170. The average molecular weight is 275 g/mol. The van der Waals surface area contributed by atoms with Gasteiger partial charge in [0.25, 0.3) is 5.89 Å². The normalized spacial score (nSPS) is 10.7. The van der Waals surface area contributed by atoms with Crippen LogP contribution < -0.4 is 0 Å². The molecule has 3 heterocycles. The van der Waals surface area contributed by atoms with Crippen molar-refractivity contribution in [2.75, 3.05) is 0 Å². The minimum atomic E-state index is -1.22. The monoisotopic (exact) mass is 275 g/mol. The fourth-order valence-corrected chi connectivity index (χ4v) is 1.56. The third-order valence-corrected chi connectivity index (χ3v) is 2.44. The topological polar surface area (TPSA) is 118 Å². The lowest BCUT2D eigenvalue weighted by Crippen LogP contribution is -1.99. The molecule has 0 aliphatic rings. The van der Waals surface area contributed by atoms with Crippen molar-refractivity contribution in [3.05, 3.63) is 36.2 Å². The zero-order valence-corrected chi connectivity index (χ0v) is 9.74. The Morgan fingerprint density at radius 1 is 1.35 bits per heavy atom. The predicted molar refractivity (Wildman–Crippen MR) is 62.0 cm³/mol. The molecule has 3 rings (SSSR count). The molecule has 20 heavy (non-hydrogen) atoms. The van der Waals surface area contributed by atoms with Crippen molar-refractivity contribution in [3.8, 4) is 23.1 Å². The summed E-state index contributed by atoms with van der Waals surface area (Å²) in [5.74, 6) is -1.63. The van der Waals surface area contributed by atoms with Gasteiger partial charge in [-0.1, -0.05) is 5.16 Å². The summed E-state index contributed by atoms with van der Waals surface area (Å²) in [6.07, 6.45) is 2.23. The number of nitrogens with zero attached hydrogens (tertiary/aromatic N) is 4. The minimum absolute atomic E-state index is 0.0407. The molecule has 8 nitrogen and oxygen atoms in total. The van der Waals surface area contributed by atoms with Crippen molar-refractivity contribution in [1.82, 2.24) is 25.1 Å². The van der Waals surface area contributed by atoms with Gasteiger partial charge in [0.05, 0.1) is 12.5 Å². The van der Waals surface area contributed by atoms with Gasteiger partial charge in [0.2, 0.25) is 5.82 Å². The lowest BCUT2D eigenvalue weighted by molar-refractivity contribution is 0.0691.